The van der Waals surface area contributed by atoms with Crippen LogP contribution in [0, 0.1) is 39.4 Å². The Morgan fingerprint density at radius 1 is 1.06 bits per heavy atom. The maximum absolute atomic E-state index is 13.9. The van der Waals surface area contributed by atoms with Gasteiger partial charge in [0.25, 0.3) is 0 Å². The highest BCUT2D eigenvalue weighted by Gasteiger charge is 2.65. The van der Waals surface area contributed by atoms with Crippen LogP contribution in [-0.2, 0) is 9.59 Å². The van der Waals surface area contributed by atoms with Crippen LogP contribution in [0.4, 0.5) is 0 Å². The SMILES string of the molecule is C=C(C)[C@@H](O)CC[C@@H](C)[C@H]1CC[C@@]2(C)C3=C(CC[C@]12C)[C@@]1(C)CCC(=O)C(C)(C)[C@@H]1CC3=O. The molecule has 0 aromatic carbocycles. The fourth-order valence-corrected chi connectivity index (χ4v) is 8.99. The number of hydrogen-bond acceptors (Lipinski definition) is 3. The second-order valence-corrected chi connectivity index (χ2v) is 13.4. The summed E-state index contributed by atoms with van der Waals surface area (Å²) >= 11 is 0. The summed E-state index contributed by atoms with van der Waals surface area (Å²) in [4.78, 5) is 26.7. The average Bonchev–Trinajstić information content (AvgIpc) is 3.02. The Hall–Kier alpha value is -1.22. The number of rotatable bonds is 5. The Morgan fingerprint density at radius 2 is 1.73 bits per heavy atom. The molecular weight excluding hydrogens is 408 g/mol. The summed E-state index contributed by atoms with van der Waals surface area (Å²) in [5.41, 5.74) is 3.01. The molecule has 0 heterocycles. The number of carbonyl (C=O) groups excluding carboxylic acids is 2. The number of carbonyl (C=O) groups is 2. The molecule has 0 radical (unpaired) electrons. The van der Waals surface area contributed by atoms with E-state index in [9.17, 15) is 14.7 Å². The highest BCUT2D eigenvalue weighted by atomic mass is 16.3. The van der Waals surface area contributed by atoms with Gasteiger partial charge in [-0.15, -0.1) is 0 Å². The molecule has 4 aliphatic carbocycles. The fraction of sp³-hybridized carbons (Fsp3) is 0.800. The van der Waals surface area contributed by atoms with Gasteiger partial charge in [0, 0.05) is 29.2 Å². The van der Waals surface area contributed by atoms with Gasteiger partial charge in [-0.05, 0) is 80.5 Å². The molecule has 0 bridgehead atoms. The van der Waals surface area contributed by atoms with E-state index in [1.54, 1.807) is 0 Å². The maximum atomic E-state index is 13.9. The lowest BCUT2D eigenvalue weighted by atomic mass is 9.43. The van der Waals surface area contributed by atoms with E-state index >= 15 is 0 Å². The third-order valence-electron chi connectivity index (χ3n) is 11.5. The Labute approximate surface area is 201 Å². The second kappa shape index (κ2) is 7.90. The van der Waals surface area contributed by atoms with Crippen LogP contribution in [0.15, 0.2) is 23.3 Å². The van der Waals surface area contributed by atoms with E-state index in [1.807, 2.05) is 6.92 Å². The molecule has 0 saturated heterocycles. The minimum absolute atomic E-state index is 0.0275. The second-order valence-electron chi connectivity index (χ2n) is 13.4. The number of allylic oxidation sites excluding steroid dienone is 2. The molecule has 0 unspecified atom stereocenters. The van der Waals surface area contributed by atoms with Gasteiger partial charge in [-0.2, -0.15) is 0 Å². The molecule has 0 aromatic rings. The number of fused-ring (bicyclic) bond motifs is 4. The van der Waals surface area contributed by atoms with Gasteiger partial charge in [-0.25, -0.2) is 0 Å². The van der Waals surface area contributed by atoms with E-state index in [4.69, 9.17) is 0 Å². The summed E-state index contributed by atoms with van der Waals surface area (Å²) in [6.45, 7) is 19.5. The molecule has 0 aromatic heterocycles. The van der Waals surface area contributed by atoms with Crippen molar-refractivity contribution in [1.29, 1.82) is 0 Å². The molecule has 0 spiro atoms. The summed E-state index contributed by atoms with van der Waals surface area (Å²) in [7, 11) is 0. The smallest absolute Gasteiger partial charge is 0.159 e. The minimum atomic E-state index is -0.417. The van der Waals surface area contributed by atoms with Crippen LogP contribution < -0.4 is 0 Å². The quantitative estimate of drug-likeness (QED) is 0.463. The zero-order chi connectivity index (χ0) is 24.6. The first kappa shape index (κ1) is 24.9. The molecule has 3 heteroatoms. The highest BCUT2D eigenvalue weighted by molar-refractivity contribution is 6.00. The normalized spacial score (nSPS) is 41.8. The van der Waals surface area contributed by atoms with E-state index in [0.29, 0.717) is 36.2 Å². The van der Waals surface area contributed by atoms with Crippen molar-refractivity contribution >= 4 is 11.6 Å². The van der Waals surface area contributed by atoms with Gasteiger partial charge in [0.15, 0.2) is 5.78 Å². The van der Waals surface area contributed by atoms with E-state index in [2.05, 4.69) is 48.1 Å². The fourth-order valence-electron chi connectivity index (χ4n) is 8.99. The number of aliphatic hydroxyl groups excluding tert-OH is 1. The monoisotopic (exact) mass is 454 g/mol. The predicted molar refractivity (Wildman–Crippen MR) is 134 cm³/mol. The average molecular weight is 455 g/mol. The van der Waals surface area contributed by atoms with Crippen molar-refractivity contribution in [3.05, 3.63) is 23.3 Å². The summed E-state index contributed by atoms with van der Waals surface area (Å²) in [6.07, 6.45) is 7.80. The Morgan fingerprint density at radius 3 is 2.36 bits per heavy atom. The first-order chi connectivity index (χ1) is 15.2. The summed E-state index contributed by atoms with van der Waals surface area (Å²) < 4.78 is 0. The third-order valence-corrected chi connectivity index (χ3v) is 11.5. The largest absolute Gasteiger partial charge is 0.389 e. The van der Waals surface area contributed by atoms with Gasteiger partial charge < -0.3 is 5.11 Å². The molecule has 7 atom stereocenters. The van der Waals surface area contributed by atoms with Gasteiger partial charge >= 0.3 is 0 Å². The van der Waals surface area contributed by atoms with Crippen LogP contribution in [0.5, 0.6) is 0 Å². The lowest BCUT2D eigenvalue weighted by Gasteiger charge is -2.60. The standard InChI is InChI=1S/C30H46O3/c1-18(2)22(31)10-9-19(3)20-11-16-30(8)26-21(12-15-29(20,30)7)28(6)14-13-25(33)27(4,5)24(28)17-23(26)32/h19-20,22,24,31H,1,9-17H2,2-8H3/t19-,20-,22+,24+,28-,29-,30+/m1/s1. The van der Waals surface area contributed by atoms with Crippen LogP contribution >= 0.6 is 0 Å². The van der Waals surface area contributed by atoms with Gasteiger partial charge in [0.1, 0.15) is 5.78 Å². The molecular formula is C30H46O3. The van der Waals surface area contributed by atoms with Crippen molar-refractivity contribution in [2.75, 3.05) is 0 Å². The lowest BCUT2D eigenvalue weighted by molar-refractivity contribution is -0.142. The number of hydrogen-bond donors (Lipinski definition) is 1. The van der Waals surface area contributed by atoms with Crippen LogP contribution in [0.25, 0.3) is 0 Å². The molecule has 4 rings (SSSR count). The van der Waals surface area contributed by atoms with Gasteiger partial charge in [-0.3, -0.25) is 9.59 Å². The maximum Gasteiger partial charge on any atom is 0.159 e. The van der Waals surface area contributed by atoms with Crippen molar-refractivity contribution in [3.8, 4) is 0 Å². The Kier molecular flexibility index (Phi) is 5.96. The zero-order valence-electron chi connectivity index (χ0n) is 22.1. The first-order valence-electron chi connectivity index (χ1n) is 13.3. The van der Waals surface area contributed by atoms with Crippen molar-refractivity contribution in [1.82, 2.24) is 0 Å². The molecule has 3 nitrogen and oxygen atoms in total. The molecule has 2 saturated carbocycles. The van der Waals surface area contributed by atoms with E-state index in [1.165, 1.54) is 5.57 Å². The van der Waals surface area contributed by atoms with Crippen molar-refractivity contribution in [2.45, 2.75) is 112 Å². The highest BCUT2D eigenvalue weighted by Crippen LogP contribution is 2.71. The van der Waals surface area contributed by atoms with Crippen LogP contribution in [0.1, 0.15) is 106 Å². The summed E-state index contributed by atoms with van der Waals surface area (Å²) in [6, 6.07) is 0. The van der Waals surface area contributed by atoms with E-state index < -0.39 is 11.5 Å². The molecule has 1 N–H and O–H groups in total. The molecule has 4 aliphatic rings. The summed E-state index contributed by atoms with van der Waals surface area (Å²) in [5.74, 6) is 1.87. The van der Waals surface area contributed by atoms with Crippen LogP contribution in [-0.4, -0.2) is 22.8 Å². The van der Waals surface area contributed by atoms with Gasteiger partial charge in [-0.1, -0.05) is 59.3 Å². The topological polar surface area (TPSA) is 54.4 Å². The predicted octanol–water partition coefficient (Wildman–Crippen LogP) is 6.84. The van der Waals surface area contributed by atoms with Crippen molar-refractivity contribution in [2.24, 2.45) is 39.4 Å². The van der Waals surface area contributed by atoms with Crippen molar-refractivity contribution < 1.29 is 14.7 Å². The first-order valence-corrected chi connectivity index (χ1v) is 13.3. The molecule has 0 aliphatic heterocycles. The third kappa shape index (κ3) is 3.39. The Bertz CT molecular complexity index is 910. The van der Waals surface area contributed by atoms with Crippen LogP contribution in [0.2, 0.25) is 0 Å². The Balaban J connectivity index is 1.68. The molecule has 33 heavy (non-hydrogen) atoms. The van der Waals surface area contributed by atoms with Crippen LogP contribution in [0.3, 0.4) is 0 Å². The molecule has 2 fully saturated rings. The van der Waals surface area contributed by atoms with Gasteiger partial charge in [0.2, 0.25) is 0 Å². The summed E-state index contributed by atoms with van der Waals surface area (Å²) in [5, 5.41) is 10.3. The minimum Gasteiger partial charge on any atom is -0.389 e. The van der Waals surface area contributed by atoms with E-state index in [-0.39, 0.29) is 22.2 Å². The number of Topliss-reactive ketones (excluding diaryl/α,β-unsaturated/α-hetero) is 2. The molecule has 0 amide bonds. The lowest BCUT2D eigenvalue weighted by Crippen LogP contribution is -2.56. The van der Waals surface area contributed by atoms with Crippen molar-refractivity contribution in [3.63, 3.8) is 0 Å². The van der Waals surface area contributed by atoms with E-state index in [0.717, 1.165) is 56.1 Å². The number of aliphatic hydroxyl groups is 1. The van der Waals surface area contributed by atoms with Gasteiger partial charge in [0.05, 0.1) is 6.10 Å². The number of ketones is 2. The zero-order valence-corrected chi connectivity index (χ0v) is 22.1. The molecule has 184 valence electrons.